The first-order valence-electron chi connectivity index (χ1n) is 8.42. The highest BCUT2D eigenvalue weighted by atomic mass is 14.9. The summed E-state index contributed by atoms with van der Waals surface area (Å²) >= 11 is 0. The minimum Gasteiger partial charge on any atom is -0.313 e. The summed E-state index contributed by atoms with van der Waals surface area (Å²) in [5.41, 5.74) is 2.91. The van der Waals surface area contributed by atoms with Crippen LogP contribution in [0, 0.1) is 11.8 Å². The summed E-state index contributed by atoms with van der Waals surface area (Å²) in [5, 5.41) is 3.58. The zero-order valence-electron chi connectivity index (χ0n) is 13.7. The lowest BCUT2D eigenvalue weighted by Gasteiger charge is -2.34. The van der Waals surface area contributed by atoms with Gasteiger partial charge in [-0.1, -0.05) is 64.3 Å². The van der Waals surface area contributed by atoms with Crippen molar-refractivity contribution in [1.82, 2.24) is 5.32 Å². The van der Waals surface area contributed by atoms with Crippen LogP contribution in [0.1, 0.15) is 76.0 Å². The van der Waals surface area contributed by atoms with Crippen molar-refractivity contribution in [3.63, 3.8) is 0 Å². The topological polar surface area (TPSA) is 12.0 Å². The Morgan fingerprint density at radius 1 is 1.10 bits per heavy atom. The van der Waals surface area contributed by atoms with E-state index in [-0.39, 0.29) is 0 Å². The Kier molecular flexibility index (Phi) is 5.65. The van der Waals surface area contributed by atoms with Crippen LogP contribution in [0.4, 0.5) is 0 Å². The van der Waals surface area contributed by atoms with Gasteiger partial charge in [0.1, 0.15) is 0 Å². The molecule has 1 aromatic rings. The first-order valence-corrected chi connectivity index (χ1v) is 8.42. The molecule has 0 radical (unpaired) electrons. The van der Waals surface area contributed by atoms with Gasteiger partial charge in [0, 0.05) is 6.04 Å². The van der Waals surface area contributed by atoms with Gasteiger partial charge in [-0.3, -0.25) is 0 Å². The van der Waals surface area contributed by atoms with Gasteiger partial charge in [-0.2, -0.15) is 0 Å². The molecule has 2 rings (SSSR count). The van der Waals surface area contributed by atoms with Crippen LogP contribution in [0.2, 0.25) is 0 Å². The van der Waals surface area contributed by atoms with Gasteiger partial charge in [-0.15, -0.1) is 0 Å². The van der Waals surface area contributed by atoms with Crippen LogP contribution in [0.5, 0.6) is 0 Å². The molecule has 0 heterocycles. The van der Waals surface area contributed by atoms with E-state index < -0.39 is 0 Å². The maximum Gasteiger partial charge on any atom is 0.0346 e. The van der Waals surface area contributed by atoms with Crippen molar-refractivity contribution in [2.45, 2.75) is 64.8 Å². The van der Waals surface area contributed by atoms with Crippen molar-refractivity contribution in [2.75, 3.05) is 7.05 Å². The van der Waals surface area contributed by atoms with Gasteiger partial charge in [0.2, 0.25) is 0 Å². The van der Waals surface area contributed by atoms with Gasteiger partial charge < -0.3 is 5.32 Å². The van der Waals surface area contributed by atoms with Crippen molar-refractivity contribution < 1.29 is 0 Å². The summed E-state index contributed by atoms with van der Waals surface area (Å²) in [6.45, 7) is 6.87. The van der Waals surface area contributed by atoms with E-state index >= 15 is 0 Å². The summed E-state index contributed by atoms with van der Waals surface area (Å²) in [6, 6.07) is 9.83. The standard InChI is InChI=1S/C19H31N/c1-5-15-7-6-8-18(13-15)19(20-4)17-11-9-16(10-12-17)14(2)3/h9-12,14-15,18-20H,5-8,13H2,1-4H3. The second-order valence-electron chi connectivity index (χ2n) is 6.79. The lowest BCUT2D eigenvalue weighted by Crippen LogP contribution is -2.29. The number of rotatable bonds is 5. The fourth-order valence-corrected chi connectivity index (χ4v) is 3.77. The van der Waals surface area contributed by atoms with Gasteiger partial charge in [-0.05, 0) is 48.8 Å². The molecule has 0 saturated heterocycles. The molecule has 3 unspecified atom stereocenters. The second kappa shape index (κ2) is 7.26. The molecule has 1 N–H and O–H groups in total. The molecule has 1 nitrogen and oxygen atoms in total. The molecule has 1 aliphatic rings. The maximum atomic E-state index is 3.58. The highest BCUT2D eigenvalue weighted by molar-refractivity contribution is 5.27. The molecule has 1 aromatic carbocycles. The van der Waals surface area contributed by atoms with Crippen molar-refractivity contribution in [2.24, 2.45) is 11.8 Å². The zero-order chi connectivity index (χ0) is 14.5. The Bertz CT molecular complexity index is 393. The number of nitrogens with one attached hydrogen (secondary N) is 1. The largest absolute Gasteiger partial charge is 0.313 e. The van der Waals surface area contributed by atoms with E-state index in [2.05, 4.69) is 57.4 Å². The molecular weight excluding hydrogens is 242 g/mol. The van der Waals surface area contributed by atoms with E-state index in [4.69, 9.17) is 0 Å². The predicted octanol–water partition coefficient (Wildman–Crippen LogP) is 5.29. The number of hydrogen-bond acceptors (Lipinski definition) is 1. The third kappa shape index (κ3) is 3.63. The van der Waals surface area contributed by atoms with Gasteiger partial charge in [0.25, 0.3) is 0 Å². The molecule has 0 bridgehead atoms. The quantitative estimate of drug-likeness (QED) is 0.769. The summed E-state index contributed by atoms with van der Waals surface area (Å²) in [4.78, 5) is 0. The van der Waals surface area contributed by atoms with Crippen LogP contribution in [0.15, 0.2) is 24.3 Å². The Labute approximate surface area is 125 Å². The van der Waals surface area contributed by atoms with Gasteiger partial charge in [0.15, 0.2) is 0 Å². The van der Waals surface area contributed by atoms with Crippen LogP contribution >= 0.6 is 0 Å². The van der Waals surface area contributed by atoms with Crippen molar-refractivity contribution in [3.8, 4) is 0 Å². The van der Waals surface area contributed by atoms with Crippen molar-refractivity contribution >= 4 is 0 Å². The molecule has 0 amide bonds. The van der Waals surface area contributed by atoms with Gasteiger partial charge in [-0.25, -0.2) is 0 Å². The van der Waals surface area contributed by atoms with E-state index in [0.29, 0.717) is 12.0 Å². The average molecular weight is 273 g/mol. The molecule has 0 aromatic heterocycles. The Hall–Kier alpha value is -0.820. The Morgan fingerprint density at radius 3 is 2.30 bits per heavy atom. The summed E-state index contributed by atoms with van der Waals surface area (Å²) < 4.78 is 0. The minimum atomic E-state index is 0.533. The summed E-state index contributed by atoms with van der Waals surface area (Å²) in [5.74, 6) is 2.37. The van der Waals surface area contributed by atoms with E-state index in [0.717, 1.165) is 11.8 Å². The average Bonchev–Trinajstić information content (AvgIpc) is 2.49. The van der Waals surface area contributed by atoms with Crippen LogP contribution in [-0.4, -0.2) is 7.05 Å². The maximum absolute atomic E-state index is 3.58. The molecule has 3 atom stereocenters. The van der Waals surface area contributed by atoms with Gasteiger partial charge >= 0.3 is 0 Å². The monoisotopic (exact) mass is 273 g/mol. The molecule has 0 spiro atoms. The third-order valence-corrected chi connectivity index (χ3v) is 5.15. The molecule has 1 fully saturated rings. The Morgan fingerprint density at radius 2 is 1.75 bits per heavy atom. The van der Waals surface area contributed by atoms with E-state index in [1.54, 1.807) is 0 Å². The first-order chi connectivity index (χ1) is 9.65. The molecule has 1 heteroatoms. The highest BCUT2D eigenvalue weighted by Crippen LogP contribution is 2.38. The highest BCUT2D eigenvalue weighted by Gasteiger charge is 2.27. The van der Waals surface area contributed by atoms with Crippen molar-refractivity contribution in [1.29, 1.82) is 0 Å². The van der Waals surface area contributed by atoms with Crippen molar-refractivity contribution in [3.05, 3.63) is 35.4 Å². The number of hydrogen-bond donors (Lipinski definition) is 1. The number of benzene rings is 1. The summed E-state index contributed by atoms with van der Waals surface area (Å²) in [7, 11) is 2.12. The van der Waals surface area contributed by atoms with Crippen LogP contribution in [0.25, 0.3) is 0 Å². The van der Waals surface area contributed by atoms with E-state index in [1.165, 1.54) is 43.2 Å². The fraction of sp³-hybridized carbons (Fsp3) is 0.684. The molecule has 1 aliphatic carbocycles. The zero-order valence-corrected chi connectivity index (χ0v) is 13.7. The fourth-order valence-electron chi connectivity index (χ4n) is 3.77. The molecule has 0 aliphatic heterocycles. The smallest absolute Gasteiger partial charge is 0.0346 e. The second-order valence-corrected chi connectivity index (χ2v) is 6.79. The van der Waals surface area contributed by atoms with Crippen LogP contribution < -0.4 is 5.32 Å². The van der Waals surface area contributed by atoms with Crippen LogP contribution in [-0.2, 0) is 0 Å². The van der Waals surface area contributed by atoms with Gasteiger partial charge in [0.05, 0.1) is 0 Å². The Balaban J connectivity index is 2.10. The normalized spacial score (nSPS) is 24.9. The minimum absolute atomic E-state index is 0.533. The van der Waals surface area contributed by atoms with E-state index in [9.17, 15) is 0 Å². The SMILES string of the molecule is CCC1CCCC(C(NC)c2ccc(C(C)C)cc2)C1. The lowest BCUT2D eigenvalue weighted by molar-refractivity contribution is 0.214. The van der Waals surface area contributed by atoms with E-state index in [1.807, 2.05) is 0 Å². The summed E-state index contributed by atoms with van der Waals surface area (Å²) in [6.07, 6.45) is 6.97. The molecule has 112 valence electrons. The first kappa shape index (κ1) is 15.6. The third-order valence-electron chi connectivity index (χ3n) is 5.15. The predicted molar refractivity (Wildman–Crippen MR) is 88.1 cm³/mol. The molecule has 1 saturated carbocycles. The van der Waals surface area contributed by atoms with Crippen LogP contribution in [0.3, 0.4) is 0 Å². The lowest BCUT2D eigenvalue weighted by atomic mass is 9.75. The molecular formula is C19H31N. The molecule has 20 heavy (non-hydrogen) atoms.